The average Bonchev–Trinajstić information content (AvgIpc) is 3.25. The number of benzene rings is 3. The molecule has 0 atom stereocenters. The monoisotopic (exact) mass is 528 g/mol. The van der Waals surface area contributed by atoms with Gasteiger partial charge in [-0.25, -0.2) is 13.2 Å². The van der Waals surface area contributed by atoms with Crippen molar-refractivity contribution in [3.63, 3.8) is 0 Å². The first-order valence-corrected chi connectivity index (χ1v) is 10.9. The third kappa shape index (κ3) is 5.31. The lowest BCUT2D eigenvalue weighted by Crippen LogP contribution is -2.42. The van der Waals surface area contributed by atoms with Gasteiger partial charge in [-0.05, 0) is 43.3 Å². The zero-order valence-electron chi connectivity index (χ0n) is 18.9. The molecule has 37 heavy (non-hydrogen) atoms. The zero-order valence-corrected chi connectivity index (χ0v) is 19.6. The standard InChI is InChI=1S/C25H16ClF3N4O4/c1-12-20(22(33-37-12)14-5-2-3-6-16(14)26)24(35)30-19-10-9-13(27)11-15(19)23(34)31-32-25(36)21-17(28)7-4-8-18(21)29/h2-11H,1H3,(H,30,35)(H,31,34)(H,32,36). The van der Waals surface area contributed by atoms with Crippen LogP contribution in [0.25, 0.3) is 11.3 Å². The fourth-order valence-electron chi connectivity index (χ4n) is 3.43. The Morgan fingerprint density at radius 2 is 1.51 bits per heavy atom. The second kappa shape index (κ2) is 10.5. The molecular formula is C25H16ClF3N4O4. The summed E-state index contributed by atoms with van der Waals surface area (Å²) in [5, 5.41) is 6.71. The summed E-state index contributed by atoms with van der Waals surface area (Å²) in [7, 11) is 0. The van der Waals surface area contributed by atoms with Gasteiger partial charge < -0.3 is 9.84 Å². The molecule has 8 nitrogen and oxygen atoms in total. The normalized spacial score (nSPS) is 10.6. The summed E-state index contributed by atoms with van der Waals surface area (Å²) in [5.74, 6) is -6.07. The van der Waals surface area contributed by atoms with E-state index in [1.807, 2.05) is 10.9 Å². The average molecular weight is 529 g/mol. The van der Waals surface area contributed by atoms with E-state index >= 15 is 0 Å². The Hall–Kier alpha value is -4.64. The predicted octanol–water partition coefficient (Wildman–Crippen LogP) is 5.05. The number of amides is 3. The Balaban J connectivity index is 1.58. The van der Waals surface area contributed by atoms with Crippen molar-refractivity contribution in [1.29, 1.82) is 0 Å². The first-order valence-electron chi connectivity index (χ1n) is 10.5. The second-order valence-electron chi connectivity index (χ2n) is 7.59. The van der Waals surface area contributed by atoms with E-state index in [-0.39, 0.29) is 22.7 Å². The Morgan fingerprint density at radius 3 is 2.22 bits per heavy atom. The highest BCUT2D eigenvalue weighted by molar-refractivity contribution is 6.33. The molecule has 188 valence electrons. The molecule has 4 aromatic rings. The van der Waals surface area contributed by atoms with Crippen LogP contribution in [-0.2, 0) is 0 Å². The van der Waals surface area contributed by atoms with E-state index < -0.39 is 46.3 Å². The van der Waals surface area contributed by atoms with Crippen molar-refractivity contribution < 1.29 is 32.1 Å². The smallest absolute Gasteiger partial charge is 0.275 e. The lowest BCUT2D eigenvalue weighted by atomic mass is 10.0. The van der Waals surface area contributed by atoms with Crippen LogP contribution in [-0.4, -0.2) is 22.9 Å². The van der Waals surface area contributed by atoms with Crippen molar-refractivity contribution in [2.24, 2.45) is 0 Å². The van der Waals surface area contributed by atoms with Crippen LogP contribution in [0.3, 0.4) is 0 Å². The quantitative estimate of drug-likeness (QED) is 0.314. The van der Waals surface area contributed by atoms with E-state index in [1.165, 1.54) is 6.92 Å². The lowest BCUT2D eigenvalue weighted by Gasteiger charge is -2.13. The van der Waals surface area contributed by atoms with Gasteiger partial charge in [0.1, 0.15) is 40.0 Å². The van der Waals surface area contributed by atoms with Crippen LogP contribution < -0.4 is 16.2 Å². The van der Waals surface area contributed by atoms with Gasteiger partial charge in [-0.2, -0.15) is 0 Å². The zero-order chi connectivity index (χ0) is 26.7. The molecule has 0 spiro atoms. The molecular weight excluding hydrogens is 513 g/mol. The first kappa shape index (κ1) is 25.5. The molecule has 0 aliphatic carbocycles. The van der Waals surface area contributed by atoms with Crippen molar-refractivity contribution in [2.45, 2.75) is 6.92 Å². The van der Waals surface area contributed by atoms with E-state index in [0.717, 1.165) is 36.4 Å². The molecule has 0 fully saturated rings. The van der Waals surface area contributed by atoms with E-state index in [1.54, 1.807) is 24.3 Å². The van der Waals surface area contributed by atoms with E-state index in [2.05, 4.69) is 10.5 Å². The number of aromatic nitrogens is 1. The Kier molecular flexibility index (Phi) is 7.25. The Morgan fingerprint density at radius 1 is 0.838 bits per heavy atom. The summed E-state index contributed by atoms with van der Waals surface area (Å²) < 4.78 is 46.8. The van der Waals surface area contributed by atoms with Gasteiger partial charge in [0, 0.05) is 5.56 Å². The third-order valence-electron chi connectivity index (χ3n) is 5.17. The molecule has 3 amide bonds. The molecule has 0 aliphatic heterocycles. The summed E-state index contributed by atoms with van der Waals surface area (Å²) in [6.45, 7) is 1.50. The maximum absolute atomic E-state index is 14.0. The van der Waals surface area contributed by atoms with E-state index in [9.17, 15) is 27.6 Å². The molecule has 0 saturated heterocycles. The van der Waals surface area contributed by atoms with Crippen LogP contribution in [0.1, 0.15) is 36.8 Å². The van der Waals surface area contributed by atoms with Crippen LogP contribution in [0, 0.1) is 24.4 Å². The summed E-state index contributed by atoms with van der Waals surface area (Å²) in [6.07, 6.45) is 0. The molecule has 3 aromatic carbocycles. The van der Waals surface area contributed by atoms with Gasteiger partial charge in [0.2, 0.25) is 0 Å². The minimum absolute atomic E-state index is 0.0205. The van der Waals surface area contributed by atoms with Crippen molar-refractivity contribution in [2.75, 3.05) is 5.32 Å². The highest BCUT2D eigenvalue weighted by Gasteiger charge is 2.25. The van der Waals surface area contributed by atoms with Crippen LogP contribution in [0.15, 0.2) is 65.2 Å². The summed E-state index contributed by atoms with van der Waals surface area (Å²) in [4.78, 5) is 38.0. The lowest BCUT2D eigenvalue weighted by molar-refractivity contribution is 0.0841. The van der Waals surface area contributed by atoms with Gasteiger partial charge in [0.25, 0.3) is 17.7 Å². The van der Waals surface area contributed by atoms with Crippen molar-refractivity contribution >= 4 is 35.0 Å². The third-order valence-corrected chi connectivity index (χ3v) is 5.50. The molecule has 0 bridgehead atoms. The maximum Gasteiger partial charge on any atom is 0.275 e. The highest BCUT2D eigenvalue weighted by atomic mass is 35.5. The molecule has 1 aromatic heterocycles. The summed E-state index contributed by atoms with van der Waals surface area (Å²) >= 11 is 6.22. The van der Waals surface area contributed by atoms with E-state index in [0.29, 0.717) is 10.6 Å². The van der Waals surface area contributed by atoms with Gasteiger partial charge in [-0.1, -0.05) is 41.0 Å². The molecule has 0 saturated carbocycles. The number of hydrazine groups is 1. The highest BCUT2D eigenvalue weighted by Crippen LogP contribution is 2.31. The van der Waals surface area contributed by atoms with Gasteiger partial charge in [0.05, 0.1) is 16.3 Å². The van der Waals surface area contributed by atoms with Gasteiger partial charge in [0.15, 0.2) is 0 Å². The number of carbonyl (C=O) groups excluding carboxylic acids is 3. The van der Waals surface area contributed by atoms with Crippen LogP contribution in [0.4, 0.5) is 18.9 Å². The molecule has 3 N–H and O–H groups in total. The minimum atomic E-state index is -1.28. The molecule has 0 radical (unpaired) electrons. The summed E-state index contributed by atoms with van der Waals surface area (Å²) in [5.41, 5.74) is 2.94. The van der Waals surface area contributed by atoms with Crippen molar-refractivity contribution in [3.05, 3.63) is 106 Å². The van der Waals surface area contributed by atoms with Gasteiger partial charge in [-0.3, -0.25) is 25.2 Å². The van der Waals surface area contributed by atoms with Gasteiger partial charge in [-0.15, -0.1) is 0 Å². The van der Waals surface area contributed by atoms with Crippen molar-refractivity contribution in [3.8, 4) is 11.3 Å². The van der Waals surface area contributed by atoms with Crippen LogP contribution in [0.5, 0.6) is 0 Å². The molecule has 4 rings (SSSR count). The fraction of sp³-hybridized carbons (Fsp3) is 0.0400. The van der Waals surface area contributed by atoms with Crippen LogP contribution in [0.2, 0.25) is 5.02 Å². The number of hydrogen-bond donors (Lipinski definition) is 3. The number of aryl methyl sites for hydroxylation is 1. The van der Waals surface area contributed by atoms with E-state index in [4.69, 9.17) is 16.1 Å². The SMILES string of the molecule is Cc1onc(-c2ccccc2Cl)c1C(=O)Nc1ccc(F)cc1C(=O)NNC(=O)c1c(F)cccc1F. The Labute approximate surface area is 212 Å². The number of hydrogen-bond acceptors (Lipinski definition) is 5. The molecule has 12 heteroatoms. The van der Waals surface area contributed by atoms with Gasteiger partial charge >= 0.3 is 0 Å². The molecule has 1 heterocycles. The maximum atomic E-state index is 14.0. The number of rotatable bonds is 5. The fourth-order valence-corrected chi connectivity index (χ4v) is 3.66. The number of nitrogens with zero attached hydrogens (tertiary/aromatic N) is 1. The number of nitrogens with one attached hydrogen (secondary N) is 3. The molecule has 0 aliphatic rings. The summed E-state index contributed by atoms with van der Waals surface area (Å²) in [6, 6.07) is 12.3. The Bertz CT molecular complexity index is 1520. The topological polar surface area (TPSA) is 113 Å². The van der Waals surface area contributed by atoms with Crippen LogP contribution >= 0.6 is 11.6 Å². The minimum Gasteiger partial charge on any atom is -0.360 e. The predicted molar refractivity (Wildman–Crippen MR) is 127 cm³/mol. The second-order valence-corrected chi connectivity index (χ2v) is 8.00. The molecule has 0 unspecified atom stereocenters. The number of anilines is 1. The first-order chi connectivity index (χ1) is 17.7. The van der Waals surface area contributed by atoms with Crippen molar-refractivity contribution in [1.82, 2.24) is 16.0 Å². The number of halogens is 4. The largest absolute Gasteiger partial charge is 0.360 e. The number of carbonyl (C=O) groups is 3.